The Morgan fingerprint density at radius 3 is 3.00 bits per heavy atom. The van der Waals surface area contributed by atoms with E-state index >= 15 is 0 Å². The standard InChI is InChI=1S/C9H14N5O3PS/c1-6(17-5-18(15,16)19)2-14-4-13-7-8(10)11-3-12-9(7)14/h3-4,6H,2,5H2,1H3,(H2,10,11,12)(H2,15,16,19)/t6-/m1/s1. The number of ether oxygens (including phenoxy) is 1. The van der Waals surface area contributed by atoms with Crippen LogP contribution in [0, 0.1) is 0 Å². The van der Waals surface area contributed by atoms with E-state index in [0.717, 1.165) is 0 Å². The summed E-state index contributed by atoms with van der Waals surface area (Å²) in [6.45, 7) is -1.25. The maximum absolute atomic E-state index is 11.0. The number of aromatic nitrogens is 4. The van der Waals surface area contributed by atoms with E-state index in [1.165, 1.54) is 6.33 Å². The number of nitrogens with two attached hydrogens (primary N) is 1. The van der Waals surface area contributed by atoms with Crippen LogP contribution in [0.1, 0.15) is 6.92 Å². The van der Waals surface area contributed by atoms with Crippen LogP contribution in [0.25, 0.3) is 11.2 Å². The summed E-state index contributed by atoms with van der Waals surface area (Å²) in [6, 6.07) is 0. The van der Waals surface area contributed by atoms with Gasteiger partial charge in [-0.25, -0.2) is 15.0 Å². The Labute approximate surface area is 114 Å². The first-order chi connectivity index (χ1) is 8.87. The Morgan fingerprint density at radius 1 is 1.58 bits per heavy atom. The normalized spacial score (nSPS) is 16.4. The predicted molar refractivity (Wildman–Crippen MR) is 74.0 cm³/mol. The molecule has 0 radical (unpaired) electrons. The molecule has 0 aliphatic rings. The molecule has 2 aromatic rings. The van der Waals surface area contributed by atoms with Crippen LogP contribution in [0.5, 0.6) is 0 Å². The number of nitrogens with zero attached hydrogens (tertiary/aromatic N) is 4. The Hall–Kier alpha value is -1.15. The van der Waals surface area contributed by atoms with E-state index in [2.05, 4.69) is 27.2 Å². The highest BCUT2D eigenvalue weighted by Crippen LogP contribution is 2.45. The maximum Gasteiger partial charge on any atom is 0.277 e. The van der Waals surface area contributed by atoms with E-state index in [0.29, 0.717) is 23.5 Å². The fourth-order valence-corrected chi connectivity index (χ4v) is 2.24. The summed E-state index contributed by atoms with van der Waals surface area (Å²) in [4.78, 5) is 21.1. The van der Waals surface area contributed by atoms with E-state index in [4.69, 9.17) is 15.4 Å². The number of anilines is 1. The minimum absolute atomic E-state index is 0.291. The van der Waals surface area contributed by atoms with Gasteiger partial charge in [0.2, 0.25) is 0 Å². The van der Waals surface area contributed by atoms with Crippen LogP contribution in [-0.4, -0.2) is 36.9 Å². The lowest BCUT2D eigenvalue weighted by molar-refractivity contribution is 0.0841. The van der Waals surface area contributed by atoms with Gasteiger partial charge in [0.1, 0.15) is 18.2 Å². The van der Waals surface area contributed by atoms with Gasteiger partial charge in [-0.15, -0.1) is 0 Å². The van der Waals surface area contributed by atoms with Crippen LogP contribution in [0.15, 0.2) is 12.7 Å². The molecule has 1 unspecified atom stereocenters. The number of imidazole rings is 1. The van der Waals surface area contributed by atoms with E-state index in [1.54, 1.807) is 17.8 Å². The van der Waals surface area contributed by atoms with Crippen LogP contribution >= 0.6 is 18.8 Å². The number of hydrogen-bond acceptors (Lipinski definition) is 6. The molecule has 2 aromatic heterocycles. The number of rotatable bonds is 5. The number of thiol groups is 1. The van der Waals surface area contributed by atoms with Crippen molar-refractivity contribution < 1.29 is 14.2 Å². The SMILES string of the molecule is C[C@H](Cn1cnc2c(N)ncnc21)OCP(=O)(O)S. The summed E-state index contributed by atoms with van der Waals surface area (Å²) >= 11 is 3.55. The summed E-state index contributed by atoms with van der Waals surface area (Å²) in [6.07, 6.45) is 2.34. The van der Waals surface area contributed by atoms with Gasteiger partial charge in [-0.1, -0.05) is 12.2 Å². The average molecular weight is 303 g/mol. The molecule has 10 heteroatoms. The van der Waals surface area contributed by atoms with Gasteiger partial charge in [0.25, 0.3) is 6.57 Å². The molecule has 104 valence electrons. The lowest BCUT2D eigenvalue weighted by Crippen LogP contribution is -2.16. The largest absolute Gasteiger partial charge is 0.382 e. The molecule has 19 heavy (non-hydrogen) atoms. The molecule has 0 saturated carbocycles. The van der Waals surface area contributed by atoms with Crippen LogP contribution in [-0.2, 0) is 15.8 Å². The quantitative estimate of drug-likeness (QED) is 0.554. The Bertz CT molecular complexity index is 627. The minimum atomic E-state index is -3.46. The molecule has 0 aromatic carbocycles. The third kappa shape index (κ3) is 3.66. The molecule has 2 heterocycles. The second kappa shape index (κ2) is 5.46. The van der Waals surface area contributed by atoms with E-state index in [-0.39, 0.29) is 12.5 Å². The summed E-state index contributed by atoms with van der Waals surface area (Å²) in [7, 11) is 0. The highest BCUT2D eigenvalue weighted by Gasteiger charge is 2.15. The van der Waals surface area contributed by atoms with Crippen LogP contribution in [0.3, 0.4) is 0 Å². The summed E-state index contributed by atoms with van der Waals surface area (Å²) < 4.78 is 18.0. The van der Waals surface area contributed by atoms with E-state index in [9.17, 15) is 4.57 Å². The van der Waals surface area contributed by atoms with Gasteiger partial charge in [-0.3, -0.25) is 4.57 Å². The van der Waals surface area contributed by atoms with Crippen LogP contribution in [0.4, 0.5) is 5.82 Å². The van der Waals surface area contributed by atoms with Crippen molar-refractivity contribution in [3.8, 4) is 0 Å². The third-order valence-corrected chi connectivity index (χ3v) is 3.24. The topological polar surface area (TPSA) is 116 Å². The molecular formula is C9H14N5O3PS. The summed E-state index contributed by atoms with van der Waals surface area (Å²) in [5.41, 5.74) is 6.80. The third-order valence-electron chi connectivity index (χ3n) is 2.41. The first-order valence-corrected chi connectivity index (χ1v) is 8.44. The fraction of sp³-hybridized carbons (Fsp3) is 0.444. The van der Waals surface area contributed by atoms with Crippen molar-refractivity contribution in [2.75, 3.05) is 12.1 Å². The van der Waals surface area contributed by atoms with Crippen LogP contribution in [0.2, 0.25) is 0 Å². The number of nitrogen functional groups attached to an aromatic ring is 1. The Morgan fingerprint density at radius 2 is 2.32 bits per heavy atom. The first-order valence-electron chi connectivity index (χ1n) is 5.44. The zero-order valence-corrected chi connectivity index (χ0v) is 12.0. The Kier molecular flexibility index (Phi) is 4.10. The van der Waals surface area contributed by atoms with Gasteiger partial charge >= 0.3 is 0 Å². The van der Waals surface area contributed by atoms with E-state index in [1.807, 2.05) is 0 Å². The molecule has 2 rings (SSSR count). The lowest BCUT2D eigenvalue weighted by atomic mass is 10.4. The van der Waals surface area contributed by atoms with Gasteiger partial charge in [0.15, 0.2) is 11.5 Å². The highest BCUT2D eigenvalue weighted by molar-refractivity contribution is 8.45. The average Bonchev–Trinajstić information content (AvgIpc) is 2.71. The summed E-state index contributed by atoms with van der Waals surface area (Å²) in [5.74, 6) is 0.313. The molecule has 0 spiro atoms. The monoisotopic (exact) mass is 303 g/mol. The van der Waals surface area contributed by atoms with Crippen LogP contribution < -0.4 is 5.73 Å². The number of hydrogen-bond donors (Lipinski definition) is 3. The zero-order valence-electron chi connectivity index (χ0n) is 10.2. The second-order valence-corrected chi connectivity index (χ2v) is 7.56. The molecule has 2 atom stereocenters. The highest BCUT2D eigenvalue weighted by atomic mass is 32.7. The van der Waals surface area contributed by atoms with Gasteiger partial charge in [-0.2, -0.15) is 0 Å². The molecule has 0 fully saturated rings. The maximum atomic E-state index is 11.0. The van der Waals surface area contributed by atoms with Crippen molar-refractivity contribution in [3.05, 3.63) is 12.7 Å². The molecule has 8 nitrogen and oxygen atoms in total. The predicted octanol–water partition coefficient (Wildman–Crippen LogP) is 0.886. The van der Waals surface area contributed by atoms with Gasteiger partial charge in [-0.05, 0) is 6.92 Å². The molecule has 0 saturated heterocycles. The smallest absolute Gasteiger partial charge is 0.277 e. The van der Waals surface area contributed by atoms with Gasteiger partial charge < -0.3 is 19.9 Å². The van der Waals surface area contributed by atoms with Crippen molar-refractivity contribution in [2.24, 2.45) is 0 Å². The first kappa shape index (κ1) is 14.3. The van der Waals surface area contributed by atoms with E-state index < -0.39 is 6.57 Å². The molecule has 0 amide bonds. The fourth-order valence-electron chi connectivity index (χ4n) is 1.59. The van der Waals surface area contributed by atoms with Crippen molar-refractivity contribution >= 4 is 35.8 Å². The molecule has 3 N–H and O–H groups in total. The van der Waals surface area contributed by atoms with Crippen molar-refractivity contribution in [2.45, 2.75) is 19.6 Å². The zero-order chi connectivity index (χ0) is 14.0. The molecule has 0 bridgehead atoms. The molecule has 0 aliphatic heterocycles. The second-order valence-electron chi connectivity index (χ2n) is 4.10. The molecular weight excluding hydrogens is 289 g/mol. The van der Waals surface area contributed by atoms with Gasteiger partial charge in [0, 0.05) is 0 Å². The summed E-state index contributed by atoms with van der Waals surface area (Å²) in [5, 5.41) is 0. The lowest BCUT2D eigenvalue weighted by Gasteiger charge is -2.14. The van der Waals surface area contributed by atoms with Crippen molar-refractivity contribution in [3.63, 3.8) is 0 Å². The van der Waals surface area contributed by atoms with Gasteiger partial charge in [0.05, 0.1) is 19.0 Å². The molecule has 0 aliphatic carbocycles. The minimum Gasteiger partial charge on any atom is -0.382 e. The number of fused-ring (bicyclic) bond motifs is 1. The van der Waals surface area contributed by atoms with Crippen molar-refractivity contribution in [1.82, 2.24) is 19.5 Å². The van der Waals surface area contributed by atoms with Crippen molar-refractivity contribution in [1.29, 1.82) is 0 Å². The Balaban J connectivity index is 2.09.